The quantitative estimate of drug-likeness (QED) is 0.325. The molecule has 3 aromatic rings. The van der Waals surface area contributed by atoms with Gasteiger partial charge in [-0.1, -0.05) is 44.2 Å². The molecule has 1 amide bonds. The van der Waals surface area contributed by atoms with Crippen LogP contribution < -0.4 is 4.74 Å². The predicted molar refractivity (Wildman–Crippen MR) is 125 cm³/mol. The summed E-state index contributed by atoms with van der Waals surface area (Å²) in [4.78, 5) is 31.7. The fraction of sp³-hybridized carbons (Fsp3) is 0.222. The molecular formula is C27H26N2O4. The number of aliphatic hydroxyl groups is 1. The summed E-state index contributed by atoms with van der Waals surface area (Å²) in [7, 11) is 0. The highest BCUT2D eigenvalue weighted by atomic mass is 16.5. The number of carbonyl (C=O) groups excluding carboxylic acids is 2. The van der Waals surface area contributed by atoms with Crippen LogP contribution in [0, 0.1) is 5.92 Å². The van der Waals surface area contributed by atoms with Crippen LogP contribution in [0.4, 0.5) is 0 Å². The molecule has 1 unspecified atom stereocenters. The van der Waals surface area contributed by atoms with E-state index in [0.717, 1.165) is 11.1 Å². The lowest BCUT2D eigenvalue weighted by Gasteiger charge is -2.25. The minimum absolute atomic E-state index is 0.0797. The average molecular weight is 443 g/mol. The number of hydrogen-bond acceptors (Lipinski definition) is 5. The van der Waals surface area contributed by atoms with Gasteiger partial charge in [0.2, 0.25) is 0 Å². The minimum Gasteiger partial charge on any atom is -0.507 e. The summed E-state index contributed by atoms with van der Waals surface area (Å²) in [5, 5.41) is 11.2. The van der Waals surface area contributed by atoms with Gasteiger partial charge < -0.3 is 14.7 Å². The Morgan fingerprint density at radius 3 is 2.30 bits per heavy atom. The van der Waals surface area contributed by atoms with E-state index in [4.69, 9.17) is 4.74 Å². The zero-order chi connectivity index (χ0) is 23.4. The van der Waals surface area contributed by atoms with Gasteiger partial charge in [0, 0.05) is 24.5 Å². The second-order valence-corrected chi connectivity index (χ2v) is 8.42. The zero-order valence-electron chi connectivity index (χ0n) is 18.6. The standard InChI is InChI=1S/C27H26N2O4/c1-18(2)17-33-22-10-8-21(9-11-22)25(30)23-24(20-6-4-3-5-7-20)29(27(32)26(23)31)16-19-12-14-28-15-13-19/h3-15,18,24,30H,16-17H2,1-2H3/b25-23+. The first-order valence-corrected chi connectivity index (χ1v) is 10.9. The Morgan fingerprint density at radius 1 is 1.00 bits per heavy atom. The maximum atomic E-state index is 13.1. The highest BCUT2D eigenvalue weighted by molar-refractivity contribution is 6.46. The molecule has 1 N–H and O–H groups in total. The Balaban J connectivity index is 1.74. The fourth-order valence-electron chi connectivity index (χ4n) is 3.84. The molecule has 6 heteroatoms. The molecule has 4 rings (SSSR count). The number of Topliss-reactive ketones (excluding diaryl/α,β-unsaturated/α-hetero) is 1. The number of ketones is 1. The maximum absolute atomic E-state index is 13.1. The number of likely N-dealkylation sites (tertiary alicyclic amines) is 1. The molecule has 1 atom stereocenters. The SMILES string of the molecule is CC(C)COc1ccc(/C(O)=C2\C(=O)C(=O)N(Cc3ccncc3)C2c2ccccc2)cc1. The van der Waals surface area contributed by atoms with Crippen molar-refractivity contribution in [3.05, 3.63) is 101 Å². The van der Waals surface area contributed by atoms with Gasteiger partial charge in [-0.15, -0.1) is 0 Å². The topological polar surface area (TPSA) is 79.7 Å². The van der Waals surface area contributed by atoms with Crippen molar-refractivity contribution < 1.29 is 19.4 Å². The van der Waals surface area contributed by atoms with Crippen molar-refractivity contribution in [2.45, 2.75) is 26.4 Å². The van der Waals surface area contributed by atoms with Crippen molar-refractivity contribution in [2.24, 2.45) is 5.92 Å². The summed E-state index contributed by atoms with van der Waals surface area (Å²) < 4.78 is 5.71. The van der Waals surface area contributed by atoms with Crippen molar-refractivity contribution in [3.8, 4) is 5.75 Å². The third-order valence-electron chi connectivity index (χ3n) is 5.47. The Morgan fingerprint density at radius 2 is 1.67 bits per heavy atom. The number of rotatable bonds is 7. The first kappa shape index (κ1) is 22.3. The molecule has 33 heavy (non-hydrogen) atoms. The number of pyridine rings is 1. The van der Waals surface area contributed by atoms with E-state index in [2.05, 4.69) is 18.8 Å². The third-order valence-corrected chi connectivity index (χ3v) is 5.47. The lowest BCUT2D eigenvalue weighted by Crippen LogP contribution is -2.29. The molecule has 0 bridgehead atoms. The monoisotopic (exact) mass is 442 g/mol. The maximum Gasteiger partial charge on any atom is 0.295 e. The van der Waals surface area contributed by atoms with E-state index < -0.39 is 17.7 Å². The number of carbonyl (C=O) groups is 2. The Kier molecular flexibility index (Phi) is 6.54. The lowest BCUT2D eigenvalue weighted by molar-refractivity contribution is -0.140. The minimum atomic E-state index is -0.699. The van der Waals surface area contributed by atoms with Crippen LogP contribution in [-0.4, -0.2) is 33.3 Å². The van der Waals surface area contributed by atoms with Gasteiger partial charge in [-0.05, 0) is 53.4 Å². The van der Waals surface area contributed by atoms with Gasteiger partial charge >= 0.3 is 0 Å². The third kappa shape index (κ3) is 4.80. The normalized spacial score (nSPS) is 17.5. The lowest BCUT2D eigenvalue weighted by atomic mass is 9.95. The first-order valence-electron chi connectivity index (χ1n) is 10.9. The average Bonchev–Trinajstić information content (AvgIpc) is 3.09. The van der Waals surface area contributed by atoms with Crippen LogP contribution in [-0.2, 0) is 16.1 Å². The van der Waals surface area contributed by atoms with Gasteiger partial charge in [0.15, 0.2) is 0 Å². The van der Waals surface area contributed by atoms with Gasteiger partial charge in [-0.3, -0.25) is 14.6 Å². The number of benzene rings is 2. The van der Waals surface area contributed by atoms with Crippen LogP contribution in [0.15, 0.2) is 84.7 Å². The molecule has 1 saturated heterocycles. The first-order chi connectivity index (χ1) is 16.0. The molecule has 1 aliphatic rings. The van der Waals surface area contributed by atoms with Crippen molar-refractivity contribution in [1.29, 1.82) is 0 Å². The van der Waals surface area contributed by atoms with Gasteiger partial charge in [-0.2, -0.15) is 0 Å². The largest absolute Gasteiger partial charge is 0.507 e. The summed E-state index contributed by atoms with van der Waals surface area (Å²) in [6.45, 7) is 4.94. The number of aliphatic hydroxyl groups excluding tert-OH is 1. The van der Waals surface area contributed by atoms with E-state index in [0.29, 0.717) is 23.8 Å². The number of hydrogen-bond donors (Lipinski definition) is 1. The molecule has 2 heterocycles. The number of nitrogens with zero attached hydrogens (tertiary/aromatic N) is 2. The molecule has 168 valence electrons. The molecule has 0 radical (unpaired) electrons. The van der Waals surface area contributed by atoms with Crippen molar-refractivity contribution >= 4 is 17.4 Å². The Hall–Kier alpha value is -3.93. The number of amides is 1. The van der Waals surface area contributed by atoms with Gasteiger partial charge in [0.1, 0.15) is 11.5 Å². The second-order valence-electron chi connectivity index (χ2n) is 8.42. The molecule has 0 aliphatic carbocycles. The summed E-state index contributed by atoms with van der Waals surface area (Å²) in [5.41, 5.74) is 2.13. The molecule has 1 aromatic heterocycles. The highest BCUT2D eigenvalue weighted by Crippen LogP contribution is 2.40. The Labute approximate surface area is 193 Å². The zero-order valence-corrected chi connectivity index (χ0v) is 18.6. The van der Waals surface area contributed by atoms with E-state index >= 15 is 0 Å². The summed E-state index contributed by atoms with van der Waals surface area (Å²) >= 11 is 0. The van der Waals surface area contributed by atoms with Crippen LogP contribution in [0.25, 0.3) is 5.76 Å². The smallest absolute Gasteiger partial charge is 0.295 e. The van der Waals surface area contributed by atoms with Crippen LogP contribution in [0.2, 0.25) is 0 Å². The van der Waals surface area contributed by atoms with Crippen molar-refractivity contribution in [1.82, 2.24) is 9.88 Å². The number of ether oxygens (including phenoxy) is 1. The van der Waals surface area contributed by atoms with E-state index in [-0.39, 0.29) is 17.9 Å². The molecule has 0 saturated carbocycles. The molecule has 1 aliphatic heterocycles. The van der Waals surface area contributed by atoms with E-state index in [9.17, 15) is 14.7 Å². The summed E-state index contributed by atoms with van der Waals surface area (Å²) in [6, 6.07) is 19.1. The van der Waals surface area contributed by atoms with Gasteiger partial charge in [0.05, 0.1) is 18.2 Å². The Bertz CT molecular complexity index is 1160. The van der Waals surface area contributed by atoms with Crippen LogP contribution in [0.1, 0.15) is 36.6 Å². The van der Waals surface area contributed by atoms with Gasteiger partial charge in [-0.25, -0.2) is 0 Å². The summed E-state index contributed by atoms with van der Waals surface area (Å²) in [6.07, 6.45) is 3.29. The van der Waals surface area contributed by atoms with Crippen LogP contribution >= 0.6 is 0 Å². The van der Waals surface area contributed by atoms with E-state index in [1.807, 2.05) is 30.3 Å². The molecule has 0 spiro atoms. The van der Waals surface area contributed by atoms with Crippen molar-refractivity contribution in [2.75, 3.05) is 6.61 Å². The summed E-state index contributed by atoms with van der Waals surface area (Å²) in [5.74, 6) is -0.470. The highest BCUT2D eigenvalue weighted by Gasteiger charge is 2.46. The fourth-order valence-corrected chi connectivity index (χ4v) is 3.84. The van der Waals surface area contributed by atoms with Crippen LogP contribution in [0.5, 0.6) is 5.75 Å². The molecular weight excluding hydrogens is 416 g/mol. The molecule has 1 fully saturated rings. The second kappa shape index (κ2) is 9.69. The predicted octanol–water partition coefficient (Wildman–Crippen LogP) is 4.74. The molecule has 2 aromatic carbocycles. The van der Waals surface area contributed by atoms with Gasteiger partial charge in [0.25, 0.3) is 11.7 Å². The van der Waals surface area contributed by atoms with Crippen molar-refractivity contribution in [3.63, 3.8) is 0 Å². The van der Waals surface area contributed by atoms with Crippen LogP contribution in [0.3, 0.4) is 0 Å². The molecule has 6 nitrogen and oxygen atoms in total. The van der Waals surface area contributed by atoms with E-state index in [1.165, 1.54) is 4.90 Å². The number of aromatic nitrogens is 1. The van der Waals surface area contributed by atoms with E-state index in [1.54, 1.807) is 48.8 Å².